The number of piperidine rings is 1. The van der Waals surface area contributed by atoms with Crippen LogP contribution in [0.2, 0.25) is 0 Å². The minimum absolute atomic E-state index is 0.0462. The van der Waals surface area contributed by atoms with Crippen molar-refractivity contribution in [3.05, 3.63) is 76.5 Å². The molecule has 3 aromatic rings. The molecule has 188 valence electrons. The molecular formula is C26H30N6O4. The minimum atomic E-state index is -0.522. The van der Waals surface area contributed by atoms with Gasteiger partial charge in [0.15, 0.2) is 0 Å². The highest BCUT2D eigenvalue weighted by atomic mass is 16.6. The molecule has 10 heteroatoms. The zero-order chi connectivity index (χ0) is 25.3. The normalized spacial score (nSPS) is 17.0. The minimum Gasteiger partial charge on any atom is -0.358 e. The first kappa shape index (κ1) is 23.8. The van der Waals surface area contributed by atoms with Crippen LogP contribution in [-0.2, 0) is 11.3 Å². The van der Waals surface area contributed by atoms with E-state index < -0.39 is 4.92 Å². The second-order valence-electron chi connectivity index (χ2n) is 9.81. The van der Waals surface area contributed by atoms with Gasteiger partial charge in [0.05, 0.1) is 11.3 Å². The van der Waals surface area contributed by atoms with Gasteiger partial charge in [0, 0.05) is 58.5 Å². The van der Waals surface area contributed by atoms with E-state index >= 15 is 0 Å². The van der Waals surface area contributed by atoms with Gasteiger partial charge in [-0.25, -0.2) is 0 Å². The Morgan fingerprint density at radius 3 is 2.36 bits per heavy atom. The highest BCUT2D eigenvalue weighted by Crippen LogP contribution is 2.41. The molecule has 0 radical (unpaired) electrons. The molecule has 2 aromatic heterocycles. The maximum Gasteiger partial charge on any atom is 0.381 e. The molecule has 0 aliphatic carbocycles. The highest BCUT2D eigenvalue weighted by Gasteiger charge is 2.42. The lowest BCUT2D eigenvalue weighted by Crippen LogP contribution is -2.45. The summed E-state index contributed by atoms with van der Waals surface area (Å²) in [6.07, 6.45) is 8.24. The second kappa shape index (κ2) is 9.60. The molecule has 0 N–H and O–H groups in total. The number of amides is 2. The Hall–Kier alpha value is -3.95. The highest BCUT2D eigenvalue weighted by molar-refractivity contribution is 5.97. The van der Waals surface area contributed by atoms with Gasteiger partial charge in [-0.3, -0.25) is 9.59 Å². The Morgan fingerprint density at radius 1 is 1.03 bits per heavy atom. The zero-order valence-corrected chi connectivity index (χ0v) is 20.4. The zero-order valence-electron chi connectivity index (χ0n) is 20.4. The van der Waals surface area contributed by atoms with Crippen LogP contribution in [0.5, 0.6) is 0 Å². The number of carbonyl (C=O) groups excluding carboxylic acids is 2. The van der Waals surface area contributed by atoms with E-state index in [1.807, 2.05) is 63.2 Å². The number of rotatable bonds is 6. The van der Waals surface area contributed by atoms with Crippen molar-refractivity contribution in [2.24, 2.45) is 5.41 Å². The molecule has 1 spiro atoms. The Kier molecular flexibility index (Phi) is 6.34. The van der Waals surface area contributed by atoms with E-state index in [2.05, 4.69) is 4.98 Å². The van der Waals surface area contributed by atoms with Crippen LogP contribution < -0.4 is 0 Å². The number of likely N-dealkylation sites (tertiary alicyclic amines) is 2. The molecular weight excluding hydrogens is 460 g/mol. The molecule has 1 aromatic carbocycles. The summed E-state index contributed by atoms with van der Waals surface area (Å²) in [5.41, 5.74) is 1.63. The Bertz CT molecular complexity index is 1270. The van der Waals surface area contributed by atoms with E-state index in [0.717, 1.165) is 24.9 Å². The summed E-state index contributed by atoms with van der Waals surface area (Å²) in [5.74, 6) is 0.437. The smallest absolute Gasteiger partial charge is 0.358 e. The SMILES string of the molecule is Cc1nc([N+](=O)[O-])cn1CCC(=O)N1CCC2(CCN(C(=O)c3ccccc3-n3cccc3)CC2)C1. The van der Waals surface area contributed by atoms with E-state index in [1.165, 1.54) is 6.20 Å². The summed E-state index contributed by atoms with van der Waals surface area (Å²) in [4.78, 5) is 44.5. The van der Waals surface area contributed by atoms with E-state index in [4.69, 9.17) is 0 Å². The van der Waals surface area contributed by atoms with Crippen LogP contribution in [0.4, 0.5) is 5.82 Å². The number of hydrogen-bond donors (Lipinski definition) is 0. The van der Waals surface area contributed by atoms with E-state index in [0.29, 0.717) is 44.1 Å². The van der Waals surface area contributed by atoms with Gasteiger partial charge in [0.1, 0.15) is 6.20 Å². The number of imidazole rings is 1. The molecule has 4 heterocycles. The molecule has 36 heavy (non-hydrogen) atoms. The number of carbonyl (C=O) groups is 2. The molecule has 2 saturated heterocycles. The number of benzene rings is 1. The topological polar surface area (TPSA) is 107 Å². The van der Waals surface area contributed by atoms with Crippen LogP contribution in [0.3, 0.4) is 0 Å². The van der Waals surface area contributed by atoms with Crippen LogP contribution >= 0.6 is 0 Å². The van der Waals surface area contributed by atoms with Crippen molar-refractivity contribution in [2.75, 3.05) is 26.2 Å². The number of aromatic nitrogens is 3. The summed E-state index contributed by atoms with van der Waals surface area (Å²) < 4.78 is 3.63. The van der Waals surface area contributed by atoms with Gasteiger partial charge in [-0.05, 0) is 58.9 Å². The first-order valence-electron chi connectivity index (χ1n) is 12.3. The molecule has 0 atom stereocenters. The Balaban J connectivity index is 1.17. The van der Waals surface area contributed by atoms with Crippen molar-refractivity contribution in [3.63, 3.8) is 0 Å². The van der Waals surface area contributed by atoms with Gasteiger partial charge in [-0.1, -0.05) is 12.1 Å². The van der Waals surface area contributed by atoms with Crippen molar-refractivity contribution in [1.29, 1.82) is 0 Å². The maximum atomic E-state index is 13.4. The third-order valence-electron chi connectivity index (χ3n) is 7.64. The van der Waals surface area contributed by atoms with Crippen molar-refractivity contribution in [3.8, 4) is 5.69 Å². The largest absolute Gasteiger partial charge is 0.381 e. The van der Waals surface area contributed by atoms with Gasteiger partial charge in [0.25, 0.3) is 5.91 Å². The van der Waals surface area contributed by atoms with Crippen LogP contribution in [0.1, 0.15) is 41.9 Å². The molecule has 2 amide bonds. The summed E-state index contributed by atoms with van der Waals surface area (Å²) in [6.45, 7) is 4.85. The van der Waals surface area contributed by atoms with E-state index in [9.17, 15) is 19.7 Å². The average molecular weight is 491 g/mol. The van der Waals surface area contributed by atoms with Crippen molar-refractivity contribution < 1.29 is 14.5 Å². The molecule has 2 aliphatic rings. The van der Waals surface area contributed by atoms with Crippen LogP contribution in [-0.4, -0.2) is 66.8 Å². The molecule has 2 aliphatic heterocycles. The number of nitrogens with zero attached hydrogens (tertiary/aromatic N) is 6. The lowest BCUT2D eigenvalue weighted by atomic mass is 9.77. The third kappa shape index (κ3) is 4.62. The fraction of sp³-hybridized carbons (Fsp3) is 0.423. The monoisotopic (exact) mass is 490 g/mol. The maximum absolute atomic E-state index is 13.4. The molecule has 0 saturated carbocycles. The quantitative estimate of drug-likeness (QED) is 0.389. The number of para-hydroxylation sites is 1. The van der Waals surface area contributed by atoms with E-state index in [1.54, 1.807) is 11.5 Å². The number of aryl methyl sites for hydroxylation is 2. The van der Waals surface area contributed by atoms with Crippen molar-refractivity contribution in [2.45, 2.75) is 39.2 Å². The summed E-state index contributed by atoms with van der Waals surface area (Å²) in [5, 5.41) is 10.9. The van der Waals surface area contributed by atoms with Crippen molar-refractivity contribution in [1.82, 2.24) is 23.9 Å². The molecule has 10 nitrogen and oxygen atoms in total. The van der Waals surface area contributed by atoms with Gasteiger partial charge < -0.3 is 29.0 Å². The van der Waals surface area contributed by atoms with Gasteiger partial charge in [-0.2, -0.15) is 0 Å². The molecule has 0 bridgehead atoms. The fourth-order valence-corrected chi connectivity index (χ4v) is 5.47. The summed E-state index contributed by atoms with van der Waals surface area (Å²) in [6, 6.07) is 11.6. The molecule has 5 rings (SSSR count). The molecule has 2 fully saturated rings. The van der Waals surface area contributed by atoms with Crippen molar-refractivity contribution >= 4 is 17.6 Å². The lowest BCUT2D eigenvalue weighted by Gasteiger charge is -2.39. The van der Waals surface area contributed by atoms with Gasteiger partial charge >= 0.3 is 5.82 Å². The summed E-state index contributed by atoms with van der Waals surface area (Å²) >= 11 is 0. The predicted molar refractivity (Wildman–Crippen MR) is 133 cm³/mol. The van der Waals surface area contributed by atoms with Crippen LogP contribution in [0, 0.1) is 22.5 Å². The average Bonchev–Trinajstić information content (AvgIpc) is 3.64. The van der Waals surface area contributed by atoms with Gasteiger partial charge in [0.2, 0.25) is 11.7 Å². The first-order valence-corrected chi connectivity index (χ1v) is 12.3. The van der Waals surface area contributed by atoms with Gasteiger partial charge in [-0.15, -0.1) is 0 Å². The Labute approximate surface area is 209 Å². The first-order chi connectivity index (χ1) is 17.3. The summed E-state index contributed by atoms with van der Waals surface area (Å²) in [7, 11) is 0. The van der Waals surface area contributed by atoms with Crippen LogP contribution in [0.15, 0.2) is 55.0 Å². The fourth-order valence-electron chi connectivity index (χ4n) is 5.47. The number of hydrogen-bond acceptors (Lipinski definition) is 5. The standard InChI is InChI=1S/C26H30N6O4/c1-20-27-23(32(35)36)18-30(20)14-8-24(33)31-17-11-26(19-31)9-15-29(16-10-26)25(34)21-6-2-3-7-22(21)28-12-4-5-13-28/h2-7,12-13,18H,8-11,14-17,19H2,1H3. The molecule has 0 unspecified atom stereocenters. The van der Waals surface area contributed by atoms with Crippen LogP contribution in [0.25, 0.3) is 5.69 Å². The second-order valence-corrected chi connectivity index (χ2v) is 9.81. The predicted octanol–water partition coefficient (Wildman–Crippen LogP) is 3.44. The third-order valence-corrected chi connectivity index (χ3v) is 7.64. The lowest BCUT2D eigenvalue weighted by molar-refractivity contribution is -0.389. The number of nitro groups is 1. The Morgan fingerprint density at radius 2 is 1.69 bits per heavy atom. The van der Waals surface area contributed by atoms with E-state index in [-0.39, 0.29) is 29.5 Å².